The Hall–Kier alpha value is -0.620. The largest absolute Gasteiger partial charge is 0.443 e. The quantitative estimate of drug-likeness (QED) is 0.884. The summed E-state index contributed by atoms with van der Waals surface area (Å²) < 4.78 is 37.0. The van der Waals surface area contributed by atoms with Gasteiger partial charge in [-0.3, -0.25) is 0 Å². The van der Waals surface area contributed by atoms with E-state index in [0.29, 0.717) is 23.3 Å². The van der Waals surface area contributed by atoms with Crippen LogP contribution >= 0.6 is 11.3 Å². The van der Waals surface area contributed by atoms with Crippen molar-refractivity contribution in [2.45, 2.75) is 39.4 Å². The minimum absolute atomic E-state index is 0.305. The third kappa shape index (κ3) is 5.04. The number of hydrogen-bond donors (Lipinski definition) is 1. The molecule has 98 valence electrons. The molecule has 0 saturated carbocycles. The van der Waals surface area contributed by atoms with Gasteiger partial charge in [0.25, 0.3) is 0 Å². The van der Waals surface area contributed by atoms with Crippen LogP contribution in [0.3, 0.4) is 0 Å². The van der Waals surface area contributed by atoms with E-state index in [9.17, 15) is 13.2 Å². The summed E-state index contributed by atoms with van der Waals surface area (Å²) in [7, 11) is 0. The van der Waals surface area contributed by atoms with Gasteiger partial charge in [0, 0.05) is 17.1 Å². The highest BCUT2D eigenvalue weighted by atomic mass is 32.1. The molecule has 2 nitrogen and oxygen atoms in total. The van der Waals surface area contributed by atoms with E-state index in [1.165, 1.54) is 6.20 Å². The number of nitrogens with zero attached hydrogens (tertiary/aromatic N) is 1. The van der Waals surface area contributed by atoms with Crippen LogP contribution in [0, 0.1) is 5.92 Å². The molecule has 1 atom stereocenters. The summed E-state index contributed by atoms with van der Waals surface area (Å²) >= 11 is 0.739. The molecule has 6 heteroatoms. The van der Waals surface area contributed by atoms with E-state index in [-0.39, 0.29) is 0 Å². The van der Waals surface area contributed by atoms with Crippen molar-refractivity contribution in [3.8, 4) is 0 Å². The Balaban J connectivity index is 2.49. The van der Waals surface area contributed by atoms with Crippen molar-refractivity contribution in [3.05, 3.63) is 16.1 Å². The standard InChI is InChI=1S/C11H17F3N2S/c1-7(2)15-5-8(3)4-9-6-16-10(17-9)11(12,13)14/h6-8,15H,4-5H2,1-3H3. The van der Waals surface area contributed by atoms with Crippen LogP contribution in [0.2, 0.25) is 0 Å². The monoisotopic (exact) mass is 266 g/mol. The maximum Gasteiger partial charge on any atom is 0.443 e. The maximum atomic E-state index is 12.3. The van der Waals surface area contributed by atoms with Crippen LogP contribution in [0.1, 0.15) is 30.7 Å². The number of nitrogens with one attached hydrogen (secondary N) is 1. The van der Waals surface area contributed by atoms with Gasteiger partial charge in [-0.1, -0.05) is 20.8 Å². The zero-order valence-electron chi connectivity index (χ0n) is 10.1. The summed E-state index contributed by atoms with van der Waals surface area (Å²) in [6.45, 7) is 6.90. The van der Waals surface area contributed by atoms with E-state index in [0.717, 1.165) is 17.9 Å². The van der Waals surface area contributed by atoms with E-state index < -0.39 is 11.2 Å². The molecule has 1 aromatic heterocycles. The van der Waals surface area contributed by atoms with E-state index in [1.807, 2.05) is 20.8 Å². The van der Waals surface area contributed by atoms with E-state index in [1.54, 1.807) is 0 Å². The normalized spacial score (nSPS) is 14.3. The Morgan fingerprint density at radius 2 is 2.00 bits per heavy atom. The summed E-state index contributed by atoms with van der Waals surface area (Å²) in [5.41, 5.74) is 0. The Kier molecular flexibility index (Phi) is 4.94. The molecule has 1 rings (SSSR count). The fourth-order valence-corrected chi connectivity index (χ4v) is 2.33. The lowest BCUT2D eigenvalue weighted by atomic mass is 10.1. The minimum Gasteiger partial charge on any atom is -0.314 e. The molecule has 0 aliphatic carbocycles. The van der Waals surface area contributed by atoms with Crippen molar-refractivity contribution in [3.63, 3.8) is 0 Å². The van der Waals surface area contributed by atoms with Crippen molar-refractivity contribution in [1.29, 1.82) is 0 Å². The van der Waals surface area contributed by atoms with Crippen LogP contribution in [-0.4, -0.2) is 17.6 Å². The third-order valence-electron chi connectivity index (χ3n) is 2.22. The van der Waals surface area contributed by atoms with Crippen molar-refractivity contribution in [1.82, 2.24) is 10.3 Å². The fourth-order valence-electron chi connectivity index (χ4n) is 1.39. The molecular weight excluding hydrogens is 249 g/mol. The van der Waals surface area contributed by atoms with Crippen LogP contribution in [0.5, 0.6) is 0 Å². The Morgan fingerprint density at radius 3 is 2.47 bits per heavy atom. The van der Waals surface area contributed by atoms with Gasteiger partial charge < -0.3 is 5.32 Å². The number of halogens is 3. The number of rotatable bonds is 5. The Bertz CT molecular complexity index is 347. The minimum atomic E-state index is -4.32. The molecule has 0 aliphatic heterocycles. The van der Waals surface area contributed by atoms with Crippen LogP contribution in [0.4, 0.5) is 13.2 Å². The number of alkyl halides is 3. The molecule has 0 amide bonds. The second-order valence-corrected chi connectivity index (χ2v) is 5.62. The van der Waals surface area contributed by atoms with Crippen LogP contribution < -0.4 is 5.32 Å². The summed E-state index contributed by atoms with van der Waals surface area (Å²) in [4.78, 5) is 4.10. The highest BCUT2D eigenvalue weighted by molar-refractivity contribution is 7.11. The second kappa shape index (κ2) is 5.82. The lowest BCUT2D eigenvalue weighted by Crippen LogP contribution is -2.28. The molecule has 0 aromatic carbocycles. The molecule has 0 spiro atoms. The Morgan fingerprint density at radius 1 is 1.35 bits per heavy atom. The zero-order valence-corrected chi connectivity index (χ0v) is 11.0. The first-order valence-electron chi connectivity index (χ1n) is 5.54. The van der Waals surface area contributed by atoms with Crippen LogP contribution in [-0.2, 0) is 12.6 Å². The lowest BCUT2D eigenvalue weighted by molar-refractivity contribution is -0.137. The highest BCUT2D eigenvalue weighted by Gasteiger charge is 2.34. The average molecular weight is 266 g/mol. The molecule has 0 aliphatic rings. The molecule has 1 aromatic rings. The first-order valence-corrected chi connectivity index (χ1v) is 6.36. The van der Waals surface area contributed by atoms with Crippen molar-refractivity contribution in [2.75, 3.05) is 6.54 Å². The van der Waals surface area contributed by atoms with E-state index in [4.69, 9.17) is 0 Å². The van der Waals surface area contributed by atoms with E-state index >= 15 is 0 Å². The molecule has 17 heavy (non-hydrogen) atoms. The summed E-state index contributed by atoms with van der Waals surface area (Å²) in [6.07, 6.45) is -2.35. The number of hydrogen-bond acceptors (Lipinski definition) is 3. The molecule has 1 N–H and O–H groups in total. The van der Waals surface area contributed by atoms with Gasteiger partial charge in [0.15, 0.2) is 5.01 Å². The highest BCUT2D eigenvalue weighted by Crippen LogP contribution is 2.32. The average Bonchev–Trinajstić information content (AvgIpc) is 2.62. The lowest BCUT2D eigenvalue weighted by Gasteiger charge is -2.13. The molecule has 0 bridgehead atoms. The van der Waals surface area contributed by atoms with Gasteiger partial charge in [-0.15, -0.1) is 11.3 Å². The van der Waals surface area contributed by atoms with Gasteiger partial charge in [-0.05, 0) is 18.9 Å². The van der Waals surface area contributed by atoms with Crippen molar-refractivity contribution >= 4 is 11.3 Å². The smallest absolute Gasteiger partial charge is 0.314 e. The number of aromatic nitrogens is 1. The van der Waals surface area contributed by atoms with Gasteiger partial charge >= 0.3 is 6.18 Å². The van der Waals surface area contributed by atoms with Crippen LogP contribution in [0.25, 0.3) is 0 Å². The summed E-state index contributed by atoms with van der Waals surface area (Å²) in [6, 6.07) is 0.393. The first kappa shape index (κ1) is 14.4. The molecule has 1 unspecified atom stereocenters. The fraction of sp³-hybridized carbons (Fsp3) is 0.727. The molecular formula is C11H17F3N2S. The third-order valence-corrected chi connectivity index (χ3v) is 3.28. The summed E-state index contributed by atoms with van der Waals surface area (Å²) in [5.74, 6) is 0.305. The van der Waals surface area contributed by atoms with Gasteiger partial charge in [-0.25, -0.2) is 4.98 Å². The second-order valence-electron chi connectivity index (χ2n) is 4.50. The maximum absolute atomic E-state index is 12.3. The zero-order chi connectivity index (χ0) is 13.1. The molecule has 1 heterocycles. The van der Waals surface area contributed by atoms with Gasteiger partial charge in [-0.2, -0.15) is 13.2 Å². The van der Waals surface area contributed by atoms with Gasteiger partial charge in [0.2, 0.25) is 0 Å². The Labute approximate surface area is 103 Å². The van der Waals surface area contributed by atoms with Gasteiger partial charge in [0.1, 0.15) is 0 Å². The predicted octanol–water partition coefficient (Wildman–Crippen LogP) is 3.34. The van der Waals surface area contributed by atoms with Crippen molar-refractivity contribution in [2.24, 2.45) is 5.92 Å². The first-order chi connectivity index (χ1) is 7.79. The van der Waals surface area contributed by atoms with Crippen molar-refractivity contribution < 1.29 is 13.2 Å². The topological polar surface area (TPSA) is 24.9 Å². The van der Waals surface area contributed by atoms with Gasteiger partial charge in [0.05, 0.1) is 0 Å². The predicted molar refractivity (Wildman–Crippen MR) is 63.1 cm³/mol. The summed E-state index contributed by atoms with van der Waals surface area (Å²) in [5, 5.41) is 2.51. The molecule has 0 saturated heterocycles. The van der Waals surface area contributed by atoms with E-state index in [2.05, 4.69) is 10.3 Å². The number of thiazole rings is 1. The van der Waals surface area contributed by atoms with Crippen LogP contribution in [0.15, 0.2) is 6.20 Å². The molecule has 0 radical (unpaired) electrons. The molecule has 0 fully saturated rings. The SMILES string of the molecule is CC(CNC(C)C)Cc1cnc(C(F)(F)F)s1.